The number of hydrogen-bond acceptors (Lipinski definition) is 4. The summed E-state index contributed by atoms with van der Waals surface area (Å²) < 4.78 is 16.8. The van der Waals surface area contributed by atoms with Crippen molar-refractivity contribution in [1.29, 1.82) is 0 Å². The molecule has 0 aliphatic carbocycles. The Bertz CT molecular complexity index is 111. The van der Waals surface area contributed by atoms with Gasteiger partial charge in [-0.3, -0.25) is 0 Å². The van der Waals surface area contributed by atoms with E-state index in [9.17, 15) is 4.39 Å². The summed E-state index contributed by atoms with van der Waals surface area (Å²) >= 11 is 0. The average molecular weight is 233 g/mol. The van der Waals surface area contributed by atoms with Gasteiger partial charge >= 0.3 is 0 Å². The van der Waals surface area contributed by atoms with Gasteiger partial charge in [0, 0.05) is 0 Å². The number of aliphatic hydroxyl groups excluding tert-OH is 3. The van der Waals surface area contributed by atoms with E-state index in [2.05, 4.69) is 4.74 Å². The van der Waals surface area contributed by atoms with E-state index in [-0.39, 0.29) is 23.6 Å². The van der Waals surface area contributed by atoms with Crippen LogP contribution in [0.5, 0.6) is 0 Å². The topological polar surface area (TPSA) is 69.9 Å². The molecule has 0 bridgehead atoms. The maximum atomic E-state index is 12.4. The van der Waals surface area contributed by atoms with Gasteiger partial charge in [0.2, 0.25) is 0 Å². The highest BCUT2D eigenvalue weighted by molar-refractivity contribution is 8.93. The molecule has 6 heteroatoms. The highest BCUT2D eigenvalue weighted by atomic mass is 79.9. The number of rotatable bonds is 0. The number of alkyl halides is 1. The first-order valence-corrected chi connectivity index (χ1v) is 2.93. The molecule has 4 nitrogen and oxygen atoms in total. The van der Waals surface area contributed by atoms with Crippen LogP contribution in [0.15, 0.2) is 0 Å². The van der Waals surface area contributed by atoms with E-state index in [0.717, 1.165) is 0 Å². The van der Waals surface area contributed by atoms with E-state index >= 15 is 0 Å². The van der Waals surface area contributed by atoms with E-state index < -0.39 is 24.7 Å². The maximum absolute atomic E-state index is 12.4. The summed E-state index contributed by atoms with van der Waals surface area (Å²) in [4.78, 5) is 0. The van der Waals surface area contributed by atoms with Gasteiger partial charge in [-0.1, -0.05) is 0 Å². The molecule has 11 heavy (non-hydrogen) atoms. The molecule has 1 fully saturated rings. The Balaban J connectivity index is 0.000001000. The third-order valence-electron chi connectivity index (χ3n) is 1.43. The Labute approximate surface area is 73.4 Å². The molecule has 0 aromatic rings. The number of ether oxygens (including phenoxy) is 1. The van der Waals surface area contributed by atoms with Crippen LogP contribution in [0.4, 0.5) is 4.39 Å². The first-order valence-electron chi connectivity index (χ1n) is 2.93. The summed E-state index contributed by atoms with van der Waals surface area (Å²) in [7, 11) is 0. The molecule has 0 aromatic carbocycles. The van der Waals surface area contributed by atoms with Crippen molar-refractivity contribution in [3.63, 3.8) is 0 Å². The molecule has 1 rings (SSSR count). The van der Waals surface area contributed by atoms with Crippen LogP contribution in [0, 0.1) is 0 Å². The monoisotopic (exact) mass is 232 g/mol. The van der Waals surface area contributed by atoms with Gasteiger partial charge < -0.3 is 20.1 Å². The summed E-state index contributed by atoms with van der Waals surface area (Å²) in [6, 6.07) is 0. The van der Waals surface area contributed by atoms with Gasteiger partial charge in [0.25, 0.3) is 0 Å². The van der Waals surface area contributed by atoms with Crippen molar-refractivity contribution in [2.45, 2.75) is 24.7 Å². The van der Waals surface area contributed by atoms with E-state index in [4.69, 9.17) is 15.3 Å². The molecule has 1 aliphatic heterocycles. The molecular formula is C5H10BrFO4. The lowest BCUT2D eigenvalue weighted by Crippen LogP contribution is -2.50. The first kappa shape index (κ1) is 11.2. The highest BCUT2D eigenvalue weighted by Gasteiger charge is 2.37. The second-order valence-corrected chi connectivity index (χ2v) is 2.23. The van der Waals surface area contributed by atoms with Gasteiger partial charge in [0.1, 0.15) is 12.2 Å². The maximum Gasteiger partial charge on any atom is 0.189 e. The molecule has 1 heterocycles. The summed E-state index contributed by atoms with van der Waals surface area (Å²) in [6.07, 6.45) is -6.30. The standard InChI is InChI=1S/C5H9FO4.BrH/c6-3-4(8)2(7)1-10-5(3)9;/h2-5,7-9H,1H2;1H/t2-,3+,4-,5+;/m1./s1. The third kappa shape index (κ3) is 2.34. The molecular weight excluding hydrogens is 223 g/mol. The van der Waals surface area contributed by atoms with Gasteiger partial charge in [-0.15, -0.1) is 17.0 Å². The van der Waals surface area contributed by atoms with Crippen LogP contribution in [0.2, 0.25) is 0 Å². The Hall–Kier alpha value is 0.250. The fourth-order valence-corrected chi connectivity index (χ4v) is 0.769. The highest BCUT2D eigenvalue weighted by Crippen LogP contribution is 2.16. The Morgan fingerprint density at radius 2 is 1.82 bits per heavy atom. The normalized spacial score (nSPS) is 44.7. The van der Waals surface area contributed by atoms with Crippen molar-refractivity contribution in [2.75, 3.05) is 6.61 Å². The van der Waals surface area contributed by atoms with Crippen molar-refractivity contribution in [3.05, 3.63) is 0 Å². The van der Waals surface area contributed by atoms with Crippen LogP contribution in [-0.2, 0) is 4.74 Å². The molecule has 0 amide bonds. The zero-order valence-corrected chi connectivity index (χ0v) is 7.27. The van der Waals surface area contributed by atoms with Gasteiger partial charge in [0.15, 0.2) is 12.5 Å². The van der Waals surface area contributed by atoms with Crippen LogP contribution in [0.3, 0.4) is 0 Å². The molecule has 0 aromatic heterocycles. The largest absolute Gasteiger partial charge is 0.388 e. The van der Waals surface area contributed by atoms with Gasteiger partial charge in [-0.2, -0.15) is 0 Å². The summed E-state index contributed by atoms with van der Waals surface area (Å²) in [5, 5.41) is 26.1. The Kier molecular flexibility index (Phi) is 4.42. The lowest BCUT2D eigenvalue weighted by molar-refractivity contribution is -0.233. The molecule has 1 saturated heterocycles. The second kappa shape index (κ2) is 4.32. The lowest BCUT2D eigenvalue weighted by Gasteiger charge is -2.30. The van der Waals surface area contributed by atoms with Gasteiger partial charge in [-0.25, -0.2) is 4.39 Å². The van der Waals surface area contributed by atoms with Crippen LogP contribution >= 0.6 is 17.0 Å². The third-order valence-corrected chi connectivity index (χ3v) is 1.43. The molecule has 0 saturated carbocycles. The SMILES string of the molecule is Br.O[C@H]1[C@H](F)[C@@H](O)OC[C@H]1O. The van der Waals surface area contributed by atoms with Gasteiger partial charge in [0.05, 0.1) is 6.61 Å². The van der Waals surface area contributed by atoms with Gasteiger partial charge in [-0.05, 0) is 0 Å². The molecule has 3 N–H and O–H groups in total. The van der Waals surface area contributed by atoms with Crippen LogP contribution in [-0.4, -0.2) is 46.6 Å². The summed E-state index contributed by atoms with van der Waals surface area (Å²) in [6.45, 7) is -0.233. The number of halogens is 2. The molecule has 0 radical (unpaired) electrons. The molecule has 0 spiro atoms. The summed E-state index contributed by atoms with van der Waals surface area (Å²) in [5.74, 6) is 0. The molecule has 4 atom stereocenters. The number of aliphatic hydroxyl groups is 3. The van der Waals surface area contributed by atoms with Crippen molar-refractivity contribution >= 4 is 17.0 Å². The number of hydrogen-bond donors (Lipinski definition) is 3. The minimum Gasteiger partial charge on any atom is -0.388 e. The molecule has 0 unspecified atom stereocenters. The Morgan fingerprint density at radius 1 is 1.27 bits per heavy atom. The van der Waals surface area contributed by atoms with Crippen LogP contribution in [0.1, 0.15) is 0 Å². The van der Waals surface area contributed by atoms with E-state index in [1.165, 1.54) is 0 Å². The molecule has 1 aliphatic rings. The average Bonchev–Trinajstić information content (AvgIpc) is 1.93. The van der Waals surface area contributed by atoms with Crippen molar-refractivity contribution in [2.24, 2.45) is 0 Å². The fourth-order valence-electron chi connectivity index (χ4n) is 0.769. The van der Waals surface area contributed by atoms with Crippen molar-refractivity contribution in [3.8, 4) is 0 Å². The minimum atomic E-state index is -1.91. The van der Waals surface area contributed by atoms with E-state index in [1.54, 1.807) is 0 Å². The zero-order valence-electron chi connectivity index (χ0n) is 5.55. The van der Waals surface area contributed by atoms with E-state index in [0.29, 0.717) is 0 Å². The first-order chi connectivity index (χ1) is 4.63. The second-order valence-electron chi connectivity index (χ2n) is 2.23. The fraction of sp³-hybridized carbons (Fsp3) is 1.00. The summed E-state index contributed by atoms with van der Waals surface area (Å²) in [5.41, 5.74) is 0. The van der Waals surface area contributed by atoms with E-state index in [1.807, 2.05) is 0 Å². The van der Waals surface area contributed by atoms with Crippen molar-refractivity contribution in [1.82, 2.24) is 0 Å². The van der Waals surface area contributed by atoms with Crippen LogP contribution < -0.4 is 0 Å². The predicted octanol–water partition coefficient (Wildman–Crippen LogP) is -1.03. The zero-order chi connectivity index (χ0) is 7.72. The minimum absolute atomic E-state index is 0. The predicted molar refractivity (Wildman–Crippen MR) is 39.2 cm³/mol. The van der Waals surface area contributed by atoms with Crippen molar-refractivity contribution < 1.29 is 24.4 Å². The molecule has 68 valence electrons. The Morgan fingerprint density at radius 3 is 2.27 bits per heavy atom. The smallest absolute Gasteiger partial charge is 0.189 e. The lowest BCUT2D eigenvalue weighted by atomic mass is 10.1. The quantitative estimate of drug-likeness (QED) is 0.500. The van der Waals surface area contributed by atoms with Crippen LogP contribution in [0.25, 0.3) is 0 Å².